The molecule has 148 valence electrons. The van der Waals surface area contributed by atoms with Crippen LogP contribution >= 0.6 is 15.9 Å². The molecule has 0 bridgehead atoms. The first-order valence-electron chi connectivity index (χ1n) is 9.05. The van der Waals surface area contributed by atoms with Gasteiger partial charge in [-0.2, -0.15) is 0 Å². The Morgan fingerprint density at radius 1 is 0.828 bits per heavy atom. The smallest absolute Gasteiger partial charge is 0.339 e. The SMILES string of the molecule is O=C(O)c1cccc(Br)c1OCC(=O)N(Cc1ccccc1)Cc1ccccc1. The molecule has 1 amide bonds. The topological polar surface area (TPSA) is 66.8 Å². The molecule has 0 aliphatic carbocycles. The van der Waals surface area contributed by atoms with E-state index in [0.717, 1.165) is 11.1 Å². The molecule has 0 fully saturated rings. The summed E-state index contributed by atoms with van der Waals surface area (Å²) < 4.78 is 6.12. The van der Waals surface area contributed by atoms with E-state index in [1.165, 1.54) is 6.07 Å². The van der Waals surface area contributed by atoms with E-state index in [1.54, 1.807) is 17.0 Å². The maximum absolute atomic E-state index is 13.0. The molecule has 0 heterocycles. The predicted octanol–water partition coefficient (Wildman–Crippen LogP) is 4.76. The third-order valence-electron chi connectivity index (χ3n) is 4.32. The van der Waals surface area contributed by atoms with E-state index < -0.39 is 5.97 Å². The second-order valence-electron chi connectivity index (χ2n) is 6.43. The van der Waals surface area contributed by atoms with Crippen LogP contribution in [0.5, 0.6) is 5.75 Å². The van der Waals surface area contributed by atoms with Crippen LogP contribution in [0.15, 0.2) is 83.3 Å². The van der Waals surface area contributed by atoms with Gasteiger partial charge in [-0.05, 0) is 39.2 Å². The van der Waals surface area contributed by atoms with Crippen LogP contribution in [0.25, 0.3) is 0 Å². The fourth-order valence-corrected chi connectivity index (χ4v) is 3.37. The number of carbonyl (C=O) groups excluding carboxylic acids is 1. The summed E-state index contributed by atoms with van der Waals surface area (Å²) in [5.41, 5.74) is 2.01. The predicted molar refractivity (Wildman–Crippen MR) is 114 cm³/mol. The normalized spacial score (nSPS) is 10.4. The Balaban J connectivity index is 1.77. The van der Waals surface area contributed by atoms with Gasteiger partial charge in [-0.25, -0.2) is 4.79 Å². The van der Waals surface area contributed by atoms with Crippen LogP contribution in [-0.2, 0) is 17.9 Å². The number of hydrogen-bond donors (Lipinski definition) is 1. The summed E-state index contributed by atoms with van der Waals surface area (Å²) in [7, 11) is 0. The maximum Gasteiger partial charge on any atom is 0.339 e. The number of nitrogens with zero attached hydrogens (tertiary/aromatic N) is 1. The number of para-hydroxylation sites is 1. The molecular formula is C23H20BrNO4. The number of carboxylic acids is 1. The highest BCUT2D eigenvalue weighted by molar-refractivity contribution is 9.10. The first-order valence-corrected chi connectivity index (χ1v) is 9.84. The van der Waals surface area contributed by atoms with E-state index in [0.29, 0.717) is 17.6 Å². The van der Waals surface area contributed by atoms with Gasteiger partial charge in [0.25, 0.3) is 5.91 Å². The number of hydrogen-bond acceptors (Lipinski definition) is 3. The molecule has 0 aromatic heterocycles. The van der Waals surface area contributed by atoms with Gasteiger partial charge in [0.1, 0.15) is 11.3 Å². The van der Waals surface area contributed by atoms with E-state index in [2.05, 4.69) is 15.9 Å². The van der Waals surface area contributed by atoms with Crippen molar-refractivity contribution in [1.29, 1.82) is 0 Å². The maximum atomic E-state index is 13.0. The average Bonchev–Trinajstić information content (AvgIpc) is 2.73. The summed E-state index contributed by atoms with van der Waals surface area (Å²) in [6.45, 7) is 0.599. The Labute approximate surface area is 177 Å². The Morgan fingerprint density at radius 3 is 1.90 bits per heavy atom. The molecule has 0 aliphatic heterocycles. The Kier molecular flexibility index (Phi) is 7.03. The van der Waals surface area contributed by atoms with E-state index in [4.69, 9.17) is 4.74 Å². The van der Waals surface area contributed by atoms with Crippen LogP contribution in [0.1, 0.15) is 21.5 Å². The van der Waals surface area contributed by atoms with Gasteiger partial charge in [0.2, 0.25) is 0 Å². The zero-order valence-corrected chi connectivity index (χ0v) is 17.2. The van der Waals surface area contributed by atoms with E-state index >= 15 is 0 Å². The summed E-state index contributed by atoms with van der Waals surface area (Å²) in [5, 5.41) is 9.36. The number of rotatable bonds is 8. The highest BCUT2D eigenvalue weighted by atomic mass is 79.9. The molecular weight excluding hydrogens is 434 g/mol. The molecule has 0 atom stereocenters. The Morgan fingerprint density at radius 2 is 1.38 bits per heavy atom. The summed E-state index contributed by atoms with van der Waals surface area (Å²) in [6.07, 6.45) is 0. The number of aromatic carboxylic acids is 1. The first kappa shape index (κ1) is 20.6. The van der Waals surface area contributed by atoms with Crippen molar-refractivity contribution in [2.75, 3.05) is 6.61 Å². The lowest BCUT2D eigenvalue weighted by Crippen LogP contribution is -2.34. The summed E-state index contributed by atoms with van der Waals surface area (Å²) in [6, 6.07) is 24.1. The van der Waals surface area contributed by atoms with Crippen LogP contribution in [-0.4, -0.2) is 28.5 Å². The van der Waals surface area contributed by atoms with Crippen molar-refractivity contribution in [3.63, 3.8) is 0 Å². The van der Waals surface area contributed by atoms with Gasteiger partial charge in [-0.3, -0.25) is 4.79 Å². The molecule has 0 saturated heterocycles. The summed E-state index contributed by atoms with van der Waals surface area (Å²) in [5.74, 6) is -1.20. The van der Waals surface area contributed by atoms with E-state index in [9.17, 15) is 14.7 Å². The van der Waals surface area contributed by atoms with Crippen molar-refractivity contribution in [2.45, 2.75) is 13.1 Å². The second-order valence-corrected chi connectivity index (χ2v) is 7.29. The molecule has 0 radical (unpaired) electrons. The van der Waals surface area contributed by atoms with Gasteiger partial charge < -0.3 is 14.7 Å². The van der Waals surface area contributed by atoms with E-state index in [-0.39, 0.29) is 23.8 Å². The first-order chi connectivity index (χ1) is 14.0. The zero-order chi connectivity index (χ0) is 20.6. The van der Waals surface area contributed by atoms with Crippen molar-refractivity contribution >= 4 is 27.8 Å². The minimum Gasteiger partial charge on any atom is -0.482 e. The molecule has 3 rings (SSSR count). The van der Waals surface area contributed by atoms with E-state index in [1.807, 2.05) is 60.7 Å². The lowest BCUT2D eigenvalue weighted by molar-refractivity contribution is -0.134. The fraction of sp³-hybridized carbons (Fsp3) is 0.130. The highest BCUT2D eigenvalue weighted by Gasteiger charge is 2.19. The molecule has 5 nitrogen and oxygen atoms in total. The van der Waals surface area contributed by atoms with Gasteiger partial charge in [0, 0.05) is 13.1 Å². The van der Waals surface area contributed by atoms with Gasteiger partial charge in [0.15, 0.2) is 6.61 Å². The molecule has 6 heteroatoms. The van der Waals surface area contributed by atoms with Gasteiger partial charge >= 0.3 is 5.97 Å². The zero-order valence-electron chi connectivity index (χ0n) is 15.6. The Hall–Kier alpha value is -3.12. The highest BCUT2D eigenvalue weighted by Crippen LogP contribution is 2.29. The van der Waals surface area contributed by atoms with Gasteiger partial charge in [-0.1, -0.05) is 66.7 Å². The number of ether oxygens (including phenoxy) is 1. The van der Waals surface area contributed by atoms with Crippen molar-refractivity contribution in [1.82, 2.24) is 4.90 Å². The standard InChI is InChI=1S/C23H20BrNO4/c24-20-13-7-12-19(23(27)28)22(20)29-16-21(26)25(14-17-8-3-1-4-9-17)15-18-10-5-2-6-11-18/h1-13H,14-16H2,(H,27,28). The van der Waals surface area contributed by atoms with Crippen molar-refractivity contribution in [3.8, 4) is 5.75 Å². The molecule has 1 N–H and O–H groups in total. The van der Waals surface area contributed by atoms with Crippen molar-refractivity contribution < 1.29 is 19.4 Å². The lowest BCUT2D eigenvalue weighted by Gasteiger charge is -2.23. The number of halogens is 1. The molecule has 3 aromatic carbocycles. The largest absolute Gasteiger partial charge is 0.482 e. The minimum atomic E-state index is -1.11. The monoisotopic (exact) mass is 453 g/mol. The Bertz CT molecular complexity index is 935. The third kappa shape index (κ3) is 5.68. The number of carboxylic acid groups (broad SMARTS) is 1. The van der Waals surface area contributed by atoms with Crippen LogP contribution in [0.3, 0.4) is 0 Å². The molecule has 0 aliphatic rings. The molecule has 0 saturated carbocycles. The van der Waals surface area contributed by atoms with Gasteiger partial charge in [0.05, 0.1) is 4.47 Å². The lowest BCUT2D eigenvalue weighted by atomic mass is 10.1. The molecule has 3 aromatic rings. The summed E-state index contributed by atoms with van der Waals surface area (Å²) >= 11 is 3.30. The average molecular weight is 454 g/mol. The summed E-state index contributed by atoms with van der Waals surface area (Å²) in [4.78, 5) is 26.1. The molecule has 29 heavy (non-hydrogen) atoms. The van der Waals surface area contributed by atoms with Gasteiger partial charge in [-0.15, -0.1) is 0 Å². The van der Waals surface area contributed by atoms with Crippen LogP contribution in [0.4, 0.5) is 0 Å². The van der Waals surface area contributed by atoms with Crippen molar-refractivity contribution in [2.24, 2.45) is 0 Å². The van der Waals surface area contributed by atoms with Crippen molar-refractivity contribution in [3.05, 3.63) is 100 Å². The number of carbonyl (C=O) groups is 2. The van der Waals surface area contributed by atoms with Crippen LogP contribution in [0.2, 0.25) is 0 Å². The second kappa shape index (κ2) is 9.89. The number of benzene rings is 3. The van der Waals surface area contributed by atoms with Crippen LogP contribution < -0.4 is 4.74 Å². The van der Waals surface area contributed by atoms with Crippen LogP contribution in [0, 0.1) is 0 Å². The fourth-order valence-electron chi connectivity index (χ4n) is 2.89. The molecule has 0 unspecified atom stereocenters. The molecule has 0 spiro atoms. The number of amides is 1. The minimum absolute atomic E-state index is 0.00448. The third-order valence-corrected chi connectivity index (χ3v) is 4.95. The quantitative estimate of drug-likeness (QED) is 0.533.